The molecule has 1 aromatic rings. The monoisotopic (exact) mass is 222 g/mol. The van der Waals surface area contributed by atoms with Crippen molar-refractivity contribution in [3.63, 3.8) is 0 Å². The first-order valence-corrected chi connectivity index (χ1v) is 5.78. The highest BCUT2D eigenvalue weighted by Crippen LogP contribution is 2.33. The van der Waals surface area contributed by atoms with Gasteiger partial charge in [0.1, 0.15) is 19.0 Å². The highest BCUT2D eigenvalue weighted by Gasteiger charge is 2.11. The highest BCUT2D eigenvalue weighted by molar-refractivity contribution is 5.46. The first kappa shape index (κ1) is 11.1. The molecule has 1 heterocycles. The number of fused-ring (bicyclic) bond motifs is 1. The summed E-state index contributed by atoms with van der Waals surface area (Å²) >= 11 is 0. The Morgan fingerprint density at radius 2 is 1.94 bits per heavy atom. The van der Waals surface area contributed by atoms with Gasteiger partial charge in [0, 0.05) is 6.07 Å². The molecule has 0 fully saturated rings. The van der Waals surface area contributed by atoms with E-state index in [1.807, 2.05) is 18.2 Å². The fourth-order valence-corrected chi connectivity index (χ4v) is 1.53. The van der Waals surface area contributed by atoms with Crippen LogP contribution in [0.25, 0.3) is 0 Å². The zero-order chi connectivity index (χ0) is 11.4. The van der Waals surface area contributed by atoms with E-state index in [9.17, 15) is 0 Å². The van der Waals surface area contributed by atoms with Crippen molar-refractivity contribution in [3.05, 3.63) is 18.2 Å². The minimum absolute atomic E-state index is 0.614. The van der Waals surface area contributed by atoms with E-state index in [4.69, 9.17) is 14.2 Å². The van der Waals surface area contributed by atoms with Crippen molar-refractivity contribution in [3.8, 4) is 17.2 Å². The molecule has 0 aliphatic carbocycles. The van der Waals surface area contributed by atoms with Gasteiger partial charge in [0.25, 0.3) is 0 Å². The number of hydrogen-bond acceptors (Lipinski definition) is 3. The van der Waals surface area contributed by atoms with Gasteiger partial charge in [0.05, 0.1) is 6.61 Å². The summed E-state index contributed by atoms with van der Waals surface area (Å²) in [5, 5.41) is 0. The largest absolute Gasteiger partial charge is 0.493 e. The van der Waals surface area contributed by atoms with E-state index in [-0.39, 0.29) is 0 Å². The normalized spacial score (nSPS) is 13.9. The van der Waals surface area contributed by atoms with Gasteiger partial charge in [-0.15, -0.1) is 0 Å². The van der Waals surface area contributed by atoms with Crippen LogP contribution >= 0.6 is 0 Å². The fraction of sp³-hybridized carbons (Fsp3) is 0.538. The Morgan fingerprint density at radius 3 is 2.69 bits per heavy atom. The van der Waals surface area contributed by atoms with Crippen LogP contribution < -0.4 is 14.2 Å². The van der Waals surface area contributed by atoms with Crippen molar-refractivity contribution in [1.82, 2.24) is 0 Å². The molecule has 0 unspecified atom stereocenters. The molecule has 88 valence electrons. The SMILES string of the molecule is CC(C)CCOc1ccc2c(c1)OCCO2. The van der Waals surface area contributed by atoms with Gasteiger partial charge in [-0.1, -0.05) is 13.8 Å². The lowest BCUT2D eigenvalue weighted by molar-refractivity contribution is 0.170. The summed E-state index contributed by atoms with van der Waals surface area (Å²) in [6.07, 6.45) is 1.06. The van der Waals surface area contributed by atoms with Crippen LogP contribution in [0.3, 0.4) is 0 Å². The van der Waals surface area contributed by atoms with Gasteiger partial charge in [-0.25, -0.2) is 0 Å². The molecule has 3 heteroatoms. The lowest BCUT2D eigenvalue weighted by Gasteiger charge is -2.19. The van der Waals surface area contributed by atoms with Crippen LogP contribution in [0, 0.1) is 5.92 Å². The van der Waals surface area contributed by atoms with Crippen molar-refractivity contribution < 1.29 is 14.2 Å². The average Bonchev–Trinajstić information content (AvgIpc) is 2.28. The standard InChI is InChI=1S/C13H18O3/c1-10(2)5-6-14-11-3-4-12-13(9-11)16-8-7-15-12/h3-4,9-10H,5-8H2,1-2H3. The molecular weight excluding hydrogens is 204 g/mol. The van der Waals surface area contributed by atoms with Gasteiger partial charge in [0.15, 0.2) is 11.5 Å². The van der Waals surface area contributed by atoms with Crippen LogP contribution in [-0.4, -0.2) is 19.8 Å². The first-order chi connectivity index (χ1) is 7.75. The summed E-state index contributed by atoms with van der Waals surface area (Å²) in [5.74, 6) is 3.11. The van der Waals surface area contributed by atoms with E-state index in [2.05, 4.69) is 13.8 Å². The van der Waals surface area contributed by atoms with Gasteiger partial charge in [-0.2, -0.15) is 0 Å². The van der Waals surface area contributed by atoms with E-state index in [0.29, 0.717) is 19.1 Å². The molecule has 1 aliphatic heterocycles. The Bertz CT molecular complexity index is 347. The van der Waals surface area contributed by atoms with Gasteiger partial charge < -0.3 is 14.2 Å². The lowest BCUT2D eigenvalue weighted by Crippen LogP contribution is -2.15. The van der Waals surface area contributed by atoms with Crippen molar-refractivity contribution in [2.24, 2.45) is 5.92 Å². The molecule has 1 aromatic carbocycles. The van der Waals surface area contributed by atoms with E-state index in [1.165, 1.54) is 0 Å². The molecule has 0 amide bonds. The minimum Gasteiger partial charge on any atom is -0.493 e. The Kier molecular flexibility index (Phi) is 3.54. The van der Waals surface area contributed by atoms with Crippen LogP contribution in [0.2, 0.25) is 0 Å². The van der Waals surface area contributed by atoms with E-state index < -0.39 is 0 Å². The summed E-state index contributed by atoms with van der Waals surface area (Å²) in [4.78, 5) is 0. The molecule has 0 saturated carbocycles. The molecule has 0 saturated heterocycles. The number of benzene rings is 1. The third-order valence-electron chi connectivity index (χ3n) is 2.48. The summed E-state index contributed by atoms with van der Waals surface area (Å²) < 4.78 is 16.6. The van der Waals surface area contributed by atoms with Crippen LogP contribution in [0.1, 0.15) is 20.3 Å². The molecule has 3 nitrogen and oxygen atoms in total. The second-order valence-electron chi connectivity index (χ2n) is 4.34. The molecule has 0 bridgehead atoms. The predicted molar refractivity (Wildman–Crippen MR) is 62.4 cm³/mol. The second-order valence-corrected chi connectivity index (χ2v) is 4.34. The Balaban J connectivity index is 1.95. The van der Waals surface area contributed by atoms with Crippen molar-refractivity contribution in [1.29, 1.82) is 0 Å². The van der Waals surface area contributed by atoms with E-state index in [0.717, 1.165) is 30.3 Å². The molecule has 0 atom stereocenters. The zero-order valence-corrected chi connectivity index (χ0v) is 9.86. The van der Waals surface area contributed by atoms with Gasteiger partial charge in [-0.3, -0.25) is 0 Å². The fourth-order valence-electron chi connectivity index (χ4n) is 1.53. The van der Waals surface area contributed by atoms with E-state index >= 15 is 0 Å². The molecule has 1 aliphatic rings. The second kappa shape index (κ2) is 5.10. The Morgan fingerprint density at radius 1 is 1.19 bits per heavy atom. The summed E-state index contributed by atoms with van der Waals surface area (Å²) in [6, 6.07) is 5.72. The minimum atomic E-state index is 0.614. The number of ether oxygens (including phenoxy) is 3. The Hall–Kier alpha value is -1.38. The van der Waals surface area contributed by atoms with Crippen LogP contribution in [0.15, 0.2) is 18.2 Å². The van der Waals surface area contributed by atoms with Crippen LogP contribution in [-0.2, 0) is 0 Å². The highest BCUT2D eigenvalue weighted by atomic mass is 16.6. The maximum atomic E-state index is 5.65. The van der Waals surface area contributed by atoms with Crippen molar-refractivity contribution >= 4 is 0 Å². The topological polar surface area (TPSA) is 27.7 Å². The molecule has 0 N–H and O–H groups in total. The molecule has 2 rings (SSSR count). The molecule has 0 radical (unpaired) electrons. The van der Waals surface area contributed by atoms with Crippen LogP contribution in [0.5, 0.6) is 17.2 Å². The molecule has 16 heavy (non-hydrogen) atoms. The Labute approximate surface area is 96.3 Å². The number of rotatable bonds is 4. The first-order valence-electron chi connectivity index (χ1n) is 5.78. The third-order valence-corrected chi connectivity index (χ3v) is 2.48. The smallest absolute Gasteiger partial charge is 0.165 e. The van der Waals surface area contributed by atoms with Gasteiger partial charge >= 0.3 is 0 Å². The van der Waals surface area contributed by atoms with Gasteiger partial charge in [-0.05, 0) is 24.5 Å². The predicted octanol–water partition coefficient (Wildman–Crippen LogP) is 2.88. The quantitative estimate of drug-likeness (QED) is 0.784. The van der Waals surface area contributed by atoms with Crippen molar-refractivity contribution in [2.75, 3.05) is 19.8 Å². The van der Waals surface area contributed by atoms with Gasteiger partial charge in [0.2, 0.25) is 0 Å². The van der Waals surface area contributed by atoms with Crippen LogP contribution in [0.4, 0.5) is 0 Å². The van der Waals surface area contributed by atoms with Crippen molar-refractivity contribution in [2.45, 2.75) is 20.3 Å². The summed E-state index contributed by atoms with van der Waals surface area (Å²) in [5.41, 5.74) is 0. The maximum Gasteiger partial charge on any atom is 0.165 e. The van der Waals surface area contributed by atoms with E-state index in [1.54, 1.807) is 0 Å². The third kappa shape index (κ3) is 2.81. The average molecular weight is 222 g/mol. The maximum absolute atomic E-state index is 5.65. The zero-order valence-electron chi connectivity index (χ0n) is 9.86. The molecule has 0 aromatic heterocycles. The number of hydrogen-bond donors (Lipinski definition) is 0. The summed E-state index contributed by atoms with van der Waals surface area (Å²) in [7, 11) is 0. The molecule has 0 spiro atoms. The lowest BCUT2D eigenvalue weighted by atomic mass is 10.1. The molecular formula is C13H18O3. The summed E-state index contributed by atoms with van der Waals surface area (Å²) in [6.45, 7) is 6.36.